The zero-order chi connectivity index (χ0) is 16.2. The molecule has 0 aliphatic heterocycles. The Morgan fingerprint density at radius 1 is 1.17 bits per heavy atom. The van der Waals surface area contributed by atoms with Gasteiger partial charge in [0.05, 0.1) is 6.04 Å². The fourth-order valence-electron chi connectivity index (χ4n) is 2.97. The van der Waals surface area contributed by atoms with Crippen LogP contribution < -0.4 is 5.32 Å². The molecule has 6 nitrogen and oxygen atoms in total. The van der Waals surface area contributed by atoms with Gasteiger partial charge in [-0.15, -0.1) is 0 Å². The molecule has 1 aromatic heterocycles. The molecule has 0 radical (unpaired) electrons. The molecule has 6 heteroatoms. The lowest BCUT2D eigenvalue weighted by molar-refractivity contribution is -0.139. The van der Waals surface area contributed by atoms with Crippen LogP contribution in [0.15, 0.2) is 42.6 Å². The summed E-state index contributed by atoms with van der Waals surface area (Å²) in [7, 11) is 0. The smallest absolute Gasteiger partial charge is 0.330 e. The van der Waals surface area contributed by atoms with Gasteiger partial charge in [-0.3, -0.25) is 9.48 Å². The zero-order valence-electron chi connectivity index (χ0n) is 12.7. The second kappa shape index (κ2) is 6.64. The van der Waals surface area contributed by atoms with E-state index in [0.717, 1.165) is 12.8 Å². The highest BCUT2D eigenvalue weighted by atomic mass is 16.4. The molecule has 1 atom stereocenters. The molecule has 1 amide bonds. The van der Waals surface area contributed by atoms with Gasteiger partial charge in [0.1, 0.15) is 5.69 Å². The van der Waals surface area contributed by atoms with E-state index >= 15 is 0 Å². The van der Waals surface area contributed by atoms with E-state index in [0.29, 0.717) is 11.6 Å². The van der Waals surface area contributed by atoms with Crippen molar-refractivity contribution in [3.63, 3.8) is 0 Å². The van der Waals surface area contributed by atoms with Gasteiger partial charge in [0.15, 0.2) is 6.04 Å². The number of amides is 1. The lowest BCUT2D eigenvalue weighted by Gasteiger charge is -2.14. The number of hydrogen-bond acceptors (Lipinski definition) is 3. The third kappa shape index (κ3) is 3.41. The molecule has 2 aromatic rings. The Bertz CT molecular complexity index is 690. The van der Waals surface area contributed by atoms with Gasteiger partial charge in [-0.1, -0.05) is 43.2 Å². The van der Waals surface area contributed by atoms with E-state index in [9.17, 15) is 14.7 Å². The van der Waals surface area contributed by atoms with Crippen LogP contribution in [0.3, 0.4) is 0 Å². The van der Waals surface area contributed by atoms with Gasteiger partial charge in [0.25, 0.3) is 5.91 Å². The fourth-order valence-corrected chi connectivity index (χ4v) is 2.97. The van der Waals surface area contributed by atoms with E-state index in [4.69, 9.17) is 0 Å². The lowest BCUT2D eigenvalue weighted by Crippen LogP contribution is -2.34. The van der Waals surface area contributed by atoms with Crippen LogP contribution >= 0.6 is 0 Å². The van der Waals surface area contributed by atoms with Crippen molar-refractivity contribution in [1.29, 1.82) is 0 Å². The Kier molecular flexibility index (Phi) is 4.41. The SMILES string of the molecule is O=C(NC(C(=O)O)c1ccccc1)c1ccn(C2CCCC2)n1. The van der Waals surface area contributed by atoms with Crippen LogP contribution in [0.5, 0.6) is 0 Å². The third-order valence-electron chi connectivity index (χ3n) is 4.20. The number of hydrogen-bond donors (Lipinski definition) is 2. The molecule has 1 fully saturated rings. The van der Waals surface area contributed by atoms with Crippen molar-refractivity contribution < 1.29 is 14.7 Å². The first-order valence-electron chi connectivity index (χ1n) is 7.79. The summed E-state index contributed by atoms with van der Waals surface area (Å²) in [6, 6.07) is 9.54. The largest absolute Gasteiger partial charge is 0.479 e. The Morgan fingerprint density at radius 3 is 2.52 bits per heavy atom. The normalized spacial score (nSPS) is 16.2. The molecular weight excluding hydrogens is 294 g/mol. The van der Waals surface area contributed by atoms with E-state index in [1.54, 1.807) is 42.6 Å². The van der Waals surface area contributed by atoms with Crippen LogP contribution in [0.25, 0.3) is 0 Å². The predicted octanol–water partition coefficient (Wildman–Crippen LogP) is 2.55. The Balaban J connectivity index is 1.73. The number of nitrogens with zero attached hydrogens (tertiary/aromatic N) is 2. The summed E-state index contributed by atoms with van der Waals surface area (Å²) in [5.74, 6) is -1.57. The minimum absolute atomic E-state index is 0.249. The van der Waals surface area contributed by atoms with Crippen molar-refractivity contribution in [3.8, 4) is 0 Å². The first-order valence-corrected chi connectivity index (χ1v) is 7.79. The summed E-state index contributed by atoms with van der Waals surface area (Å²) < 4.78 is 1.82. The molecule has 1 heterocycles. The molecule has 2 N–H and O–H groups in total. The third-order valence-corrected chi connectivity index (χ3v) is 4.20. The Labute approximate surface area is 134 Å². The second-order valence-corrected chi connectivity index (χ2v) is 5.77. The van der Waals surface area contributed by atoms with Gasteiger partial charge < -0.3 is 10.4 Å². The second-order valence-electron chi connectivity index (χ2n) is 5.77. The first-order chi connectivity index (χ1) is 11.1. The standard InChI is InChI=1S/C17H19N3O3/c21-16(14-10-11-20(19-14)13-8-4-5-9-13)18-15(17(22)23)12-6-2-1-3-7-12/h1-3,6-7,10-11,13,15H,4-5,8-9H2,(H,18,21)(H,22,23). The summed E-state index contributed by atoms with van der Waals surface area (Å²) in [5, 5.41) is 16.2. The molecule has 1 saturated carbocycles. The van der Waals surface area contributed by atoms with Crippen molar-refractivity contribution in [2.24, 2.45) is 0 Å². The molecule has 0 spiro atoms. The van der Waals surface area contributed by atoms with Gasteiger partial charge in [-0.05, 0) is 24.5 Å². The van der Waals surface area contributed by atoms with E-state index in [1.807, 2.05) is 4.68 Å². The number of carboxylic acids is 1. The van der Waals surface area contributed by atoms with E-state index < -0.39 is 17.9 Å². The molecule has 3 rings (SSSR count). The van der Waals surface area contributed by atoms with Gasteiger partial charge in [-0.2, -0.15) is 5.10 Å². The van der Waals surface area contributed by atoms with Crippen molar-refractivity contribution >= 4 is 11.9 Å². The van der Waals surface area contributed by atoms with Crippen molar-refractivity contribution in [2.45, 2.75) is 37.8 Å². The molecule has 1 unspecified atom stereocenters. The van der Waals surface area contributed by atoms with Crippen molar-refractivity contribution in [1.82, 2.24) is 15.1 Å². The number of carboxylic acid groups (broad SMARTS) is 1. The average Bonchev–Trinajstić information content (AvgIpc) is 3.23. The van der Waals surface area contributed by atoms with Crippen LogP contribution in [0, 0.1) is 0 Å². The average molecular weight is 313 g/mol. The van der Waals surface area contributed by atoms with E-state index in [1.165, 1.54) is 12.8 Å². The molecule has 1 aromatic carbocycles. The topological polar surface area (TPSA) is 84.2 Å². The minimum atomic E-state index is -1.10. The van der Waals surface area contributed by atoms with Crippen LogP contribution in [0.1, 0.15) is 53.8 Å². The van der Waals surface area contributed by atoms with Gasteiger partial charge >= 0.3 is 5.97 Å². The minimum Gasteiger partial charge on any atom is -0.479 e. The summed E-state index contributed by atoms with van der Waals surface area (Å²) in [4.78, 5) is 23.8. The summed E-state index contributed by atoms with van der Waals surface area (Å²) in [5.41, 5.74) is 0.780. The molecule has 23 heavy (non-hydrogen) atoms. The maximum atomic E-state index is 12.3. The Hall–Kier alpha value is -2.63. The number of aromatic nitrogens is 2. The van der Waals surface area contributed by atoms with Crippen LogP contribution in [0.4, 0.5) is 0 Å². The van der Waals surface area contributed by atoms with Crippen LogP contribution in [0.2, 0.25) is 0 Å². The maximum absolute atomic E-state index is 12.3. The van der Waals surface area contributed by atoms with E-state index in [-0.39, 0.29) is 5.69 Å². The lowest BCUT2D eigenvalue weighted by atomic mass is 10.1. The number of nitrogens with one attached hydrogen (secondary N) is 1. The quantitative estimate of drug-likeness (QED) is 0.888. The summed E-state index contributed by atoms with van der Waals surface area (Å²) >= 11 is 0. The zero-order valence-corrected chi connectivity index (χ0v) is 12.7. The fraction of sp³-hybridized carbons (Fsp3) is 0.353. The molecule has 120 valence electrons. The number of aliphatic carboxylic acids is 1. The number of benzene rings is 1. The molecule has 1 aliphatic carbocycles. The Morgan fingerprint density at radius 2 is 1.87 bits per heavy atom. The van der Waals surface area contributed by atoms with Gasteiger partial charge in [0, 0.05) is 6.20 Å². The molecule has 0 bridgehead atoms. The monoisotopic (exact) mass is 313 g/mol. The predicted molar refractivity (Wildman–Crippen MR) is 84.0 cm³/mol. The number of rotatable bonds is 5. The van der Waals surface area contributed by atoms with Crippen molar-refractivity contribution in [2.75, 3.05) is 0 Å². The number of carbonyl (C=O) groups excluding carboxylic acids is 1. The molecule has 0 saturated heterocycles. The van der Waals surface area contributed by atoms with Gasteiger partial charge in [0.2, 0.25) is 0 Å². The maximum Gasteiger partial charge on any atom is 0.330 e. The summed E-state index contributed by atoms with van der Waals surface area (Å²) in [6.45, 7) is 0. The molecular formula is C17H19N3O3. The first kappa shape index (κ1) is 15.3. The summed E-state index contributed by atoms with van der Waals surface area (Å²) in [6.07, 6.45) is 6.31. The molecule has 1 aliphatic rings. The highest BCUT2D eigenvalue weighted by Gasteiger charge is 2.24. The highest BCUT2D eigenvalue weighted by Crippen LogP contribution is 2.28. The number of carbonyl (C=O) groups is 2. The highest BCUT2D eigenvalue weighted by molar-refractivity contribution is 5.95. The van der Waals surface area contributed by atoms with Crippen LogP contribution in [-0.2, 0) is 4.79 Å². The van der Waals surface area contributed by atoms with E-state index in [2.05, 4.69) is 10.4 Å². The van der Waals surface area contributed by atoms with Crippen LogP contribution in [-0.4, -0.2) is 26.8 Å². The van der Waals surface area contributed by atoms with Gasteiger partial charge in [-0.25, -0.2) is 4.79 Å². The van der Waals surface area contributed by atoms with Crippen molar-refractivity contribution in [3.05, 3.63) is 53.9 Å².